The van der Waals surface area contributed by atoms with Crippen molar-refractivity contribution in [1.29, 1.82) is 0 Å². The molecule has 3 aromatic heterocycles. The number of H-pyrrole nitrogens is 1. The third-order valence-corrected chi connectivity index (χ3v) is 6.47. The van der Waals surface area contributed by atoms with Crippen molar-refractivity contribution in [2.24, 2.45) is 5.92 Å². The van der Waals surface area contributed by atoms with E-state index < -0.39 is 9.85 Å². The van der Waals surface area contributed by atoms with Gasteiger partial charge in [-0.05, 0) is 63.1 Å². The molecule has 0 aliphatic heterocycles. The van der Waals surface area contributed by atoms with Crippen LogP contribution in [0, 0.1) is 46.9 Å². The molecule has 0 radical (unpaired) electrons. The molecule has 324 valence electrons. The van der Waals surface area contributed by atoms with Gasteiger partial charge < -0.3 is 37.6 Å². The van der Waals surface area contributed by atoms with Crippen molar-refractivity contribution in [1.82, 2.24) is 29.1 Å². The maximum atomic E-state index is 10.9. The Morgan fingerprint density at radius 3 is 1.47 bits per heavy atom. The van der Waals surface area contributed by atoms with Gasteiger partial charge in [-0.25, -0.2) is 15.0 Å². The fourth-order valence-electron chi connectivity index (χ4n) is 3.91. The third-order valence-electron chi connectivity index (χ3n) is 6.16. The van der Waals surface area contributed by atoms with E-state index in [9.17, 15) is 20.2 Å². The Bertz CT molecular complexity index is 2090. The molecule has 0 aliphatic rings. The van der Waals surface area contributed by atoms with Crippen molar-refractivity contribution < 1.29 is 15.0 Å². The van der Waals surface area contributed by atoms with E-state index in [2.05, 4.69) is 84.1 Å². The van der Waals surface area contributed by atoms with Gasteiger partial charge in [-0.3, -0.25) is 24.8 Å². The molecular formula is C40H60ClIN12O5. The molecule has 0 atom stereocenters. The number of imidazole rings is 3. The minimum atomic E-state index is -0.600. The van der Waals surface area contributed by atoms with Crippen LogP contribution < -0.4 is 22.9 Å². The number of aryl methyl sites for hydroxylation is 3. The van der Waals surface area contributed by atoms with E-state index in [1.807, 2.05) is 43.7 Å². The van der Waals surface area contributed by atoms with Gasteiger partial charge in [-0.2, -0.15) is 0 Å². The van der Waals surface area contributed by atoms with Gasteiger partial charge in [-0.1, -0.05) is 101 Å². The molecule has 3 aromatic carbocycles. The number of aromatic amines is 1. The first-order valence-electron chi connectivity index (χ1n) is 17.5. The minimum absolute atomic E-state index is 0. The molecule has 0 fully saturated rings. The van der Waals surface area contributed by atoms with Crippen molar-refractivity contribution in [3.63, 3.8) is 0 Å². The number of nitro groups is 2. The number of hydrogen-bond acceptors (Lipinski definition) is 12. The first-order valence-corrected chi connectivity index (χ1v) is 18.9. The number of hydrogen-bond donors (Lipinski definition) is 6. The normalized spacial score (nSPS) is 9.66. The lowest BCUT2D eigenvalue weighted by Crippen LogP contribution is -2.01. The number of nitrogens with zero attached hydrogens (tertiary/aromatic N) is 7. The Labute approximate surface area is 365 Å². The zero-order valence-electron chi connectivity index (χ0n) is 34.5. The summed E-state index contributed by atoms with van der Waals surface area (Å²) >= 11 is 7.88. The van der Waals surface area contributed by atoms with Crippen LogP contribution in [0.5, 0.6) is 0 Å². The highest BCUT2D eigenvalue weighted by atomic mass is 127. The maximum absolute atomic E-state index is 10.9. The Morgan fingerprint density at radius 1 is 0.763 bits per heavy atom. The molecule has 6 aromatic rings. The number of nitrogens with two attached hydrogens (primary N) is 4. The molecule has 0 bridgehead atoms. The summed E-state index contributed by atoms with van der Waals surface area (Å²) in [6, 6.07) is 14.8. The summed E-state index contributed by atoms with van der Waals surface area (Å²) in [5.41, 5.74) is 27.7. The van der Waals surface area contributed by atoms with Crippen LogP contribution in [0.4, 0.5) is 34.1 Å². The highest BCUT2D eigenvalue weighted by Gasteiger charge is 2.19. The molecule has 0 amide bonds. The molecule has 0 saturated carbocycles. The fourth-order valence-corrected chi connectivity index (χ4v) is 4.16. The number of benzene rings is 3. The maximum Gasteiger partial charge on any atom is 0.315 e. The highest BCUT2D eigenvalue weighted by Crippen LogP contribution is 2.30. The number of para-hydroxylation sites is 3. The number of rotatable bonds is 4. The van der Waals surface area contributed by atoms with E-state index >= 15 is 0 Å². The van der Waals surface area contributed by atoms with Crippen LogP contribution in [0.3, 0.4) is 0 Å². The summed E-state index contributed by atoms with van der Waals surface area (Å²) in [4.78, 5) is 34.9. The molecule has 0 spiro atoms. The fraction of sp³-hybridized carbons (Fsp3) is 0.325. The lowest BCUT2D eigenvalue weighted by Gasteiger charge is -2.07. The molecule has 6 rings (SSSR count). The van der Waals surface area contributed by atoms with Gasteiger partial charge in [0.2, 0.25) is 0 Å². The van der Waals surface area contributed by atoms with Crippen LogP contribution in [0.25, 0.3) is 11.4 Å². The number of nitro benzene ring substituents is 2. The minimum Gasteiger partial charge on any atom is -0.400 e. The van der Waals surface area contributed by atoms with Gasteiger partial charge in [0.05, 0.1) is 57.3 Å². The zero-order valence-corrected chi connectivity index (χ0v) is 37.4. The van der Waals surface area contributed by atoms with Gasteiger partial charge in [-0.15, -0.1) is 0 Å². The van der Waals surface area contributed by atoms with Crippen LogP contribution in [0.1, 0.15) is 66.1 Å². The number of nitrogens with one attached hydrogen (secondary N) is 1. The first kappa shape index (κ1) is 55.4. The van der Waals surface area contributed by atoms with Gasteiger partial charge in [0.25, 0.3) is 0 Å². The molecule has 0 aliphatic carbocycles. The number of aromatic nitrogens is 6. The smallest absolute Gasteiger partial charge is 0.315 e. The van der Waals surface area contributed by atoms with Crippen LogP contribution >= 0.6 is 34.2 Å². The van der Waals surface area contributed by atoms with E-state index in [1.165, 1.54) is 24.5 Å². The molecule has 3 heterocycles. The largest absolute Gasteiger partial charge is 0.400 e. The SMILES string of the molecule is C.CC(C)(C)I.CC(C)C.CO.Cc1cn(-c2cccc(N)c2N)cn1.Cc1cn(-c2cccc(N)c2[N+](=O)[O-])cn1.Cc1cnc[nH]1.Nc1cccc(Cl)c1[N+](=O)[O-]. The van der Waals surface area contributed by atoms with Crippen LogP contribution in [0.15, 0.2) is 92.2 Å². The van der Waals surface area contributed by atoms with Crippen molar-refractivity contribution in [2.75, 3.05) is 30.0 Å². The van der Waals surface area contributed by atoms with E-state index in [0.717, 1.165) is 35.8 Å². The summed E-state index contributed by atoms with van der Waals surface area (Å²) in [7, 11) is 1.00. The Kier molecular flexibility index (Phi) is 26.1. The molecule has 0 unspecified atom stereocenters. The molecular weight excluding hydrogens is 891 g/mol. The lowest BCUT2D eigenvalue weighted by molar-refractivity contribution is -0.383. The van der Waals surface area contributed by atoms with Gasteiger partial charge >= 0.3 is 11.4 Å². The standard InChI is InChI=1S/C10H10N4O2.C10H12N4.C6H5ClN2O2.C4H9I.C4H6N2.C4H10.CH4O.CH4/c1-7-5-13(6-12-7)9-4-2-3-8(11)10(9)14(15)16;1-7-5-14(6-13-7)9-4-2-3-8(11)10(9)12;7-4-2-1-3-5(8)6(4)9(10)11;1-4(2,3)5;1-4-2-5-3-6-4;1-4(2)3;1-2;/h2-6H,11H2,1H3;2-6H,11-12H2,1H3;1-3H,8H2;1-3H3;2-3H,1H3,(H,5,6);4H,1-3H3;2H,1H3;1H4. The van der Waals surface area contributed by atoms with Gasteiger partial charge in [0, 0.05) is 34.8 Å². The average Bonchev–Trinajstić information content (AvgIpc) is 3.89. The van der Waals surface area contributed by atoms with Crippen LogP contribution in [-0.2, 0) is 0 Å². The number of halogens is 2. The number of alkyl halides is 1. The predicted molar refractivity (Wildman–Crippen MR) is 251 cm³/mol. The van der Waals surface area contributed by atoms with Crippen LogP contribution in [0.2, 0.25) is 5.02 Å². The van der Waals surface area contributed by atoms with Gasteiger partial charge in [0.1, 0.15) is 22.1 Å². The van der Waals surface area contributed by atoms with Crippen molar-refractivity contribution in [2.45, 2.75) is 73.2 Å². The Morgan fingerprint density at radius 2 is 1.15 bits per heavy atom. The van der Waals surface area contributed by atoms with Crippen molar-refractivity contribution in [3.8, 4) is 11.4 Å². The molecule has 19 heteroatoms. The Hall–Kier alpha value is -5.73. The summed E-state index contributed by atoms with van der Waals surface area (Å²) in [5.74, 6) is 0.833. The zero-order chi connectivity index (χ0) is 44.7. The van der Waals surface area contributed by atoms with Crippen molar-refractivity contribution in [3.05, 3.63) is 135 Å². The summed E-state index contributed by atoms with van der Waals surface area (Å²) in [5, 5.41) is 28.3. The average molecular weight is 951 g/mol. The van der Waals surface area contributed by atoms with Crippen LogP contribution in [-0.4, -0.2) is 54.6 Å². The molecule has 59 heavy (non-hydrogen) atoms. The second-order valence-corrected chi connectivity index (χ2v) is 17.2. The highest BCUT2D eigenvalue weighted by molar-refractivity contribution is 14.1. The summed E-state index contributed by atoms with van der Waals surface area (Å²) < 4.78 is 3.92. The van der Waals surface area contributed by atoms with Crippen molar-refractivity contribution >= 4 is 68.3 Å². The number of aliphatic hydroxyl groups excluding tert-OH is 1. The number of nitrogen functional groups attached to an aromatic ring is 4. The predicted octanol–water partition coefficient (Wildman–Crippen LogP) is 9.69. The molecule has 17 nitrogen and oxygen atoms in total. The van der Waals surface area contributed by atoms with E-state index in [-0.39, 0.29) is 35.2 Å². The van der Waals surface area contributed by atoms with E-state index in [0.29, 0.717) is 20.5 Å². The second-order valence-electron chi connectivity index (χ2n) is 13.6. The third kappa shape index (κ3) is 22.1. The molecule has 10 N–H and O–H groups in total. The summed E-state index contributed by atoms with van der Waals surface area (Å²) in [6.07, 6.45) is 10.3. The second kappa shape index (κ2) is 27.8. The number of anilines is 4. The first-order chi connectivity index (χ1) is 27.0. The quantitative estimate of drug-likeness (QED) is 0.0317. The van der Waals surface area contributed by atoms with E-state index in [1.54, 1.807) is 53.9 Å². The summed E-state index contributed by atoms with van der Waals surface area (Å²) in [6.45, 7) is 18.7. The topological polar surface area (TPSA) is 275 Å². The van der Waals surface area contributed by atoms with E-state index in [4.69, 9.17) is 39.6 Å². The molecule has 0 saturated heterocycles. The number of aliphatic hydroxyl groups is 1. The van der Waals surface area contributed by atoms with Gasteiger partial charge in [0.15, 0.2) is 0 Å². The monoisotopic (exact) mass is 950 g/mol. The Balaban J connectivity index is 0. The lowest BCUT2D eigenvalue weighted by atomic mass is 10.2.